The van der Waals surface area contributed by atoms with Crippen molar-refractivity contribution in [2.75, 3.05) is 11.9 Å². The predicted octanol–water partition coefficient (Wildman–Crippen LogP) is -7.32. The van der Waals surface area contributed by atoms with Gasteiger partial charge in [0.25, 0.3) is 10.2 Å². The van der Waals surface area contributed by atoms with Crippen molar-refractivity contribution in [1.29, 1.82) is 0 Å². The number of rotatable bonds is 7. The normalized spacial score (nSPS) is 12.2. The van der Waals surface area contributed by atoms with Crippen LogP contribution >= 0.6 is 15.9 Å². The number of hydrogen-bond donors (Lipinski definition) is 3. The third-order valence-electron chi connectivity index (χ3n) is 4.77. The molecule has 20 heteroatoms. The number of nitrogens with two attached hydrogens (primary N) is 1. The van der Waals surface area contributed by atoms with Crippen LogP contribution in [0.1, 0.15) is 0 Å². The summed E-state index contributed by atoms with van der Waals surface area (Å²) in [6.07, 6.45) is 0. The molecule has 3 rings (SSSR count). The number of nitrogens with zero attached hydrogens (tertiary/aromatic N) is 4. The molecule has 0 amide bonds. The van der Waals surface area contributed by atoms with E-state index in [2.05, 4.69) is 41.4 Å². The number of benzene rings is 1. The molecule has 3 aromatic rings. The largest absolute Gasteiger partial charge is 0.446 e. The Bertz CT molecular complexity index is 1330. The van der Waals surface area contributed by atoms with E-state index in [1.807, 2.05) is 0 Å². The summed E-state index contributed by atoms with van der Waals surface area (Å²) in [5.74, 6) is -1.23. The summed E-state index contributed by atoms with van der Waals surface area (Å²) < 4.78 is 50.4. The van der Waals surface area contributed by atoms with Gasteiger partial charge in [0, 0.05) is 16.7 Å². The molecule has 0 aliphatic carbocycles. The van der Waals surface area contributed by atoms with Gasteiger partial charge in [-0.15, -0.1) is 0 Å². The summed E-state index contributed by atoms with van der Waals surface area (Å²) in [6.45, 7) is 0.0337. The molecule has 0 fully saturated rings. The summed E-state index contributed by atoms with van der Waals surface area (Å²) in [7, 11) is 4.12. The van der Waals surface area contributed by atoms with Crippen molar-refractivity contribution >= 4 is 87.6 Å². The molecule has 0 radical (unpaired) electrons. The van der Waals surface area contributed by atoms with Crippen LogP contribution in [0.25, 0.3) is 17.2 Å². The van der Waals surface area contributed by atoms with E-state index < -0.39 is 27.1 Å². The average Bonchev–Trinajstić information content (AvgIpc) is 3.28. The Morgan fingerprint density at radius 2 is 1.81 bits per heavy atom. The van der Waals surface area contributed by atoms with E-state index >= 15 is 0 Å². The number of aromatic nitrogens is 4. The monoisotopic (exact) mass is 523 g/mol. The Kier molecular flexibility index (Phi) is 6.52. The lowest BCUT2D eigenvalue weighted by Crippen LogP contribution is -2.56. The second-order valence-electron chi connectivity index (χ2n) is 7.81. The first kappa shape index (κ1) is 24.3. The van der Waals surface area contributed by atoms with E-state index in [1.54, 1.807) is 39.2 Å². The van der Waals surface area contributed by atoms with Gasteiger partial charge < -0.3 is 5.32 Å². The highest BCUT2D eigenvalue weighted by Crippen LogP contribution is 2.24. The highest BCUT2D eigenvalue weighted by atomic mass is 79.9. The van der Waals surface area contributed by atoms with Crippen molar-refractivity contribution in [2.45, 2.75) is 5.34 Å². The zero-order valence-corrected chi connectivity index (χ0v) is 20.2. The van der Waals surface area contributed by atoms with Crippen molar-refractivity contribution in [1.82, 2.24) is 24.8 Å². The Hall–Kier alpha value is -2.30. The first-order valence-electron chi connectivity index (χ1n) is 9.16. The lowest BCUT2D eigenvalue weighted by atomic mass is 9.63. The standard InChI is InChI=1S/C12H16B5BrFN7O5S/c13-2-3(14)8(4(15)5(18)6(2)19)26-10(24-30-11(26)27)7-9(23-31-22-7)21-1-12(16,17)25-32(20,28)29/h25H,1,13-17H2,(H,21,23)(H2,20,28,29). The minimum Gasteiger partial charge on any atom is -0.365 e. The van der Waals surface area contributed by atoms with Crippen LogP contribution in [0.2, 0.25) is 0 Å². The molecule has 0 saturated carbocycles. The fourth-order valence-corrected chi connectivity index (χ4v) is 4.49. The average molecular weight is 523 g/mol. The molecule has 0 unspecified atom stereocenters. The van der Waals surface area contributed by atoms with E-state index in [1.165, 1.54) is 0 Å². The van der Waals surface area contributed by atoms with E-state index in [4.69, 9.17) is 14.3 Å². The molecule has 164 valence electrons. The quantitative estimate of drug-likeness (QED) is 0.255. The highest BCUT2D eigenvalue weighted by Gasteiger charge is 2.28. The van der Waals surface area contributed by atoms with Gasteiger partial charge in [-0.3, -0.25) is 4.52 Å². The molecule has 12 nitrogen and oxygen atoms in total. The minimum absolute atomic E-state index is 0.0270. The molecule has 0 saturated heterocycles. The van der Waals surface area contributed by atoms with Crippen LogP contribution in [0.3, 0.4) is 0 Å². The lowest BCUT2D eigenvalue weighted by Gasteiger charge is -2.25. The van der Waals surface area contributed by atoms with Crippen molar-refractivity contribution in [3.63, 3.8) is 0 Å². The minimum atomic E-state index is -3.95. The zero-order valence-electron chi connectivity index (χ0n) is 17.8. The molecular formula is C12H16B5BrFN7O5S. The summed E-state index contributed by atoms with van der Waals surface area (Å²) in [5, 5.41) is 18.3. The van der Waals surface area contributed by atoms with Gasteiger partial charge in [0.15, 0.2) is 5.69 Å². The van der Waals surface area contributed by atoms with Crippen LogP contribution in [-0.2, 0) is 10.2 Å². The van der Waals surface area contributed by atoms with Gasteiger partial charge in [0.1, 0.15) is 45.0 Å². The van der Waals surface area contributed by atoms with E-state index in [9.17, 15) is 17.6 Å². The predicted molar refractivity (Wildman–Crippen MR) is 132 cm³/mol. The summed E-state index contributed by atoms with van der Waals surface area (Å²) in [4.78, 5) is 12.6. The van der Waals surface area contributed by atoms with Crippen molar-refractivity contribution in [3.8, 4) is 17.2 Å². The fourth-order valence-electron chi connectivity index (χ4n) is 3.17. The van der Waals surface area contributed by atoms with E-state index in [0.29, 0.717) is 22.1 Å². The van der Waals surface area contributed by atoms with Crippen LogP contribution < -0.4 is 37.3 Å². The maximum absolute atomic E-state index is 14.5. The molecular weight excluding hydrogens is 507 g/mol. The molecule has 0 spiro atoms. The van der Waals surface area contributed by atoms with Crippen molar-refractivity contribution in [2.24, 2.45) is 5.14 Å². The van der Waals surface area contributed by atoms with Crippen LogP contribution in [0.5, 0.6) is 0 Å². The first-order valence-corrected chi connectivity index (χ1v) is 11.5. The van der Waals surface area contributed by atoms with Crippen molar-refractivity contribution < 1.29 is 22.0 Å². The number of nitrogens with one attached hydrogen (secondary N) is 2. The molecule has 0 aliphatic rings. The van der Waals surface area contributed by atoms with Crippen LogP contribution in [0, 0.1) is 5.82 Å². The Labute approximate surface area is 194 Å². The molecule has 32 heavy (non-hydrogen) atoms. The van der Waals surface area contributed by atoms with Crippen molar-refractivity contribution in [3.05, 3.63) is 20.8 Å². The number of anilines is 1. The fraction of sp³-hybridized carbons (Fsp3) is 0.167. The second-order valence-corrected chi connectivity index (χ2v) is 9.89. The summed E-state index contributed by atoms with van der Waals surface area (Å²) >= 11 is 3.22. The van der Waals surface area contributed by atoms with E-state index in [-0.39, 0.29) is 28.4 Å². The van der Waals surface area contributed by atoms with Gasteiger partial charge >= 0.3 is 5.76 Å². The van der Waals surface area contributed by atoms with Gasteiger partial charge in [0.05, 0.1) is 0 Å². The van der Waals surface area contributed by atoms with Gasteiger partial charge in [-0.05, 0) is 37.0 Å². The summed E-state index contributed by atoms with van der Waals surface area (Å²) in [5.41, 5.74) is 1.67. The van der Waals surface area contributed by atoms with Gasteiger partial charge in [0.2, 0.25) is 11.6 Å². The zero-order chi connectivity index (χ0) is 24.0. The maximum atomic E-state index is 14.5. The lowest BCUT2D eigenvalue weighted by molar-refractivity contribution is 0.309. The first-order chi connectivity index (χ1) is 14.7. The topological polar surface area (TPSA) is 171 Å². The highest BCUT2D eigenvalue weighted by molar-refractivity contribution is 9.10. The Balaban J connectivity index is 2.07. The van der Waals surface area contributed by atoms with Crippen LogP contribution in [0.15, 0.2) is 18.4 Å². The third-order valence-corrected chi connectivity index (χ3v) is 6.55. The third kappa shape index (κ3) is 4.72. The molecule has 0 aliphatic heterocycles. The van der Waals surface area contributed by atoms with Crippen LogP contribution in [-0.4, -0.2) is 79.6 Å². The molecule has 0 atom stereocenters. The molecule has 2 heterocycles. The number of halogens is 2. The Morgan fingerprint density at radius 3 is 2.44 bits per heavy atom. The Morgan fingerprint density at radius 1 is 1.16 bits per heavy atom. The van der Waals surface area contributed by atoms with Crippen LogP contribution in [0.4, 0.5) is 10.2 Å². The SMILES string of the molecule is Bc1c(B)c(-n2c(-c3nonc3NCC(B)(B)NS(N)(=O)=O)noc2=O)c(B)c(Br)c1F. The molecule has 1 aromatic carbocycles. The molecule has 4 N–H and O–H groups in total. The number of hydrogen-bond acceptors (Lipinski definition) is 9. The smallest absolute Gasteiger partial charge is 0.365 e. The molecule has 2 aromatic heterocycles. The summed E-state index contributed by atoms with van der Waals surface area (Å²) in [6, 6.07) is 0. The van der Waals surface area contributed by atoms with Gasteiger partial charge in [-0.1, -0.05) is 16.1 Å². The van der Waals surface area contributed by atoms with Gasteiger partial charge in [-0.25, -0.2) is 28.2 Å². The van der Waals surface area contributed by atoms with E-state index in [0.717, 1.165) is 4.57 Å². The maximum Gasteiger partial charge on any atom is 0.446 e. The molecule has 0 bridgehead atoms. The second kappa shape index (κ2) is 8.57. The van der Waals surface area contributed by atoms with Gasteiger partial charge in [-0.2, -0.15) is 8.42 Å².